The third-order valence-electron chi connectivity index (χ3n) is 4.80. The molecule has 0 bridgehead atoms. The highest BCUT2D eigenvalue weighted by Gasteiger charge is 2.30. The van der Waals surface area contributed by atoms with Crippen molar-refractivity contribution >= 4 is 23.6 Å². The van der Waals surface area contributed by atoms with E-state index in [1.165, 1.54) is 37.5 Å². The Labute approximate surface area is 199 Å². The van der Waals surface area contributed by atoms with Crippen LogP contribution < -0.4 is 14.8 Å². The van der Waals surface area contributed by atoms with Crippen molar-refractivity contribution in [2.24, 2.45) is 0 Å². The quantitative estimate of drug-likeness (QED) is 0.209. The first-order valence-electron chi connectivity index (χ1n) is 10.2. The molecule has 0 aromatic heterocycles. The Bertz CT molecular complexity index is 1320. The van der Waals surface area contributed by atoms with Gasteiger partial charge >= 0.3 is 12.1 Å². The molecule has 35 heavy (non-hydrogen) atoms. The Kier molecular flexibility index (Phi) is 7.56. The Morgan fingerprint density at radius 3 is 2.34 bits per heavy atom. The summed E-state index contributed by atoms with van der Waals surface area (Å²) in [6.45, 7) is 1.89. The number of carbonyl (C=O) groups is 2. The minimum Gasteiger partial charge on any atom is -0.493 e. The van der Waals surface area contributed by atoms with Gasteiger partial charge in [-0.2, -0.15) is 18.4 Å². The molecular formula is C26H19F3N2O4. The van der Waals surface area contributed by atoms with Gasteiger partial charge in [0, 0.05) is 5.69 Å². The first-order chi connectivity index (χ1) is 16.6. The average Bonchev–Trinajstić information content (AvgIpc) is 2.83. The molecule has 0 unspecified atom stereocenters. The highest BCUT2D eigenvalue weighted by atomic mass is 19.4. The fourth-order valence-electron chi connectivity index (χ4n) is 2.99. The molecule has 0 atom stereocenters. The Hall–Kier alpha value is -4.58. The van der Waals surface area contributed by atoms with E-state index < -0.39 is 23.6 Å². The van der Waals surface area contributed by atoms with Crippen LogP contribution in [0.15, 0.2) is 72.3 Å². The van der Waals surface area contributed by atoms with Crippen LogP contribution in [-0.4, -0.2) is 19.0 Å². The molecular weight excluding hydrogens is 461 g/mol. The standard InChI is InChI=1S/C26H19F3N2O4/c1-16-6-9-18(10-7-16)25(33)35-22-11-8-17(13-23(22)34-2)12-19(15-30)24(32)31-21-5-3-4-20(14-21)26(27,28)29/h3-14H,1-2H3,(H,31,32)/b19-12+. The fourth-order valence-corrected chi connectivity index (χ4v) is 2.99. The third kappa shape index (κ3) is 6.48. The Morgan fingerprint density at radius 2 is 1.71 bits per heavy atom. The molecule has 1 N–H and O–H groups in total. The maximum absolute atomic E-state index is 12.9. The van der Waals surface area contributed by atoms with Gasteiger partial charge in [0.25, 0.3) is 5.91 Å². The summed E-state index contributed by atoms with van der Waals surface area (Å²) in [5.74, 6) is -1.18. The number of esters is 1. The van der Waals surface area contributed by atoms with Crippen LogP contribution in [0, 0.1) is 18.3 Å². The topological polar surface area (TPSA) is 88.4 Å². The first kappa shape index (κ1) is 25.1. The van der Waals surface area contributed by atoms with Crippen molar-refractivity contribution in [3.05, 3.63) is 94.6 Å². The molecule has 3 rings (SSSR count). The van der Waals surface area contributed by atoms with Crippen molar-refractivity contribution in [1.82, 2.24) is 0 Å². The second kappa shape index (κ2) is 10.6. The van der Waals surface area contributed by atoms with Crippen LogP contribution >= 0.6 is 0 Å². The highest BCUT2D eigenvalue weighted by Crippen LogP contribution is 2.31. The van der Waals surface area contributed by atoms with Gasteiger partial charge in [0.2, 0.25) is 0 Å². The molecule has 0 saturated heterocycles. The zero-order valence-electron chi connectivity index (χ0n) is 18.6. The molecule has 178 valence electrons. The summed E-state index contributed by atoms with van der Waals surface area (Å²) in [4.78, 5) is 24.9. The van der Waals surface area contributed by atoms with Crippen LogP contribution in [0.1, 0.15) is 27.0 Å². The summed E-state index contributed by atoms with van der Waals surface area (Å²) in [6, 6.07) is 17.0. The van der Waals surface area contributed by atoms with E-state index in [0.717, 1.165) is 23.8 Å². The fraction of sp³-hybridized carbons (Fsp3) is 0.115. The van der Waals surface area contributed by atoms with Crippen LogP contribution in [0.5, 0.6) is 11.5 Å². The van der Waals surface area contributed by atoms with E-state index >= 15 is 0 Å². The van der Waals surface area contributed by atoms with E-state index in [4.69, 9.17) is 9.47 Å². The van der Waals surface area contributed by atoms with E-state index in [1.807, 2.05) is 6.92 Å². The van der Waals surface area contributed by atoms with Gasteiger partial charge in [-0.1, -0.05) is 29.8 Å². The predicted molar refractivity (Wildman–Crippen MR) is 123 cm³/mol. The van der Waals surface area contributed by atoms with E-state index in [-0.39, 0.29) is 22.8 Å². The van der Waals surface area contributed by atoms with Gasteiger partial charge in [0.05, 0.1) is 18.2 Å². The predicted octanol–water partition coefficient (Wildman–Crippen LogP) is 5.79. The molecule has 6 nitrogen and oxygen atoms in total. The van der Waals surface area contributed by atoms with Gasteiger partial charge in [-0.25, -0.2) is 4.79 Å². The molecule has 0 radical (unpaired) electrons. The van der Waals surface area contributed by atoms with Crippen molar-refractivity contribution in [3.63, 3.8) is 0 Å². The van der Waals surface area contributed by atoms with Crippen LogP contribution in [0.4, 0.5) is 18.9 Å². The lowest BCUT2D eigenvalue weighted by atomic mass is 10.1. The summed E-state index contributed by atoms with van der Waals surface area (Å²) in [5.41, 5.74) is 0.308. The molecule has 1 amide bonds. The molecule has 9 heteroatoms. The number of halogens is 3. The summed E-state index contributed by atoms with van der Waals surface area (Å²) in [6.07, 6.45) is -3.34. The van der Waals surface area contributed by atoms with Crippen molar-refractivity contribution in [2.45, 2.75) is 13.1 Å². The number of ether oxygens (including phenoxy) is 2. The summed E-state index contributed by atoms with van der Waals surface area (Å²) >= 11 is 0. The van der Waals surface area contributed by atoms with Crippen molar-refractivity contribution < 1.29 is 32.2 Å². The largest absolute Gasteiger partial charge is 0.493 e. The summed E-state index contributed by atoms with van der Waals surface area (Å²) < 4.78 is 49.3. The Balaban J connectivity index is 1.79. The van der Waals surface area contributed by atoms with E-state index in [1.54, 1.807) is 30.3 Å². The lowest BCUT2D eigenvalue weighted by Gasteiger charge is -2.11. The number of nitrogens with zero attached hydrogens (tertiary/aromatic N) is 1. The zero-order valence-corrected chi connectivity index (χ0v) is 18.6. The molecule has 3 aromatic rings. The number of methoxy groups -OCH3 is 1. The Morgan fingerprint density at radius 1 is 1.00 bits per heavy atom. The maximum Gasteiger partial charge on any atom is 0.416 e. The van der Waals surface area contributed by atoms with Crippen LogP contribution in [-0.2, 0) is 11.0 Å². The second-order valence-corrected chi connectivity index (χ2v) is 7.37. The van der Waals surface area contributed by atoms with Crippen molar-refractivity contribution in [3.8, 4) is 17.6 Å². The van der Waals surface area contributed by atoms with E-state index in [2.05, 4.69) is 5.32 Å². The molecule has 3 aromatic carbocycles. The van der Waals surface area contributed by atoms with E-state index in [9.17, 15) is 28.0 Å². The number of carbonyl (C=O) groups excluding carboxylic acids is 2. The van der Waals surface area contributed by atoms with Crippen LogP contribution in [0.3, 0.4) is 0 Å². The number of rotatable bonds is 6. The molecule has 0 aliphatic carbocycles. The van der Waals surface area contributed by atoms with Gasteiger partial charge in [-0.05, 0) is 61.0 Å². The third-order valence-corrected chi connectivity index (χ3v) is 4.80. The van der Waals surface area contributed by atoms with Gasteiger partial charge in [0.15, 0.2) is 11.5 Å². The number of nitrogens with one attached hydrogen (secondary N) is 1. The number of anilines is 1. The van der Waals surface area contributed by atoms with Crippen molar-refractivity contribution in [2.75, 3.05) is 12.4 Å². The molecule has 0 aliphatic rings. The van der Waals surface area contributed by atoms with Gasteiger partial charge in [-0.15, -0.1) is 0 Å². The number of hydrogen-bond acceptors (Lipinski definition) is 5. The van der Waals surface area contributed by atoms with Crippen LogP contribution in [0.25, 0.3) is 6.08 Å². The number of amides is 1. The monoisotopic (exact) mass is 480 g/mol. The van der Waals surface area contributed by atoms with E-state index in [0.29, 0.717) is 11.1 Å². The minimum absolute atomic E-state index is 0.109. The number of benzene rings is 3. The lowest BCUT2D eigenvalue weighted by Crippen LogP contribution is -2.14. The van der Waals surface area contributed by atoms with Crippen LogP contribution in [0.2, 0.25) is 0 Å². The van der Waals surface area contributed by atoms with Crippen molar-refractivity contribution in [1.29, 1.82) is 5.26 Å². The summed E-state index contributed by atoms with van der Waals surface area (Å²) in [5, 5.41) is 11.7. The van der Waals surface area contributed by atoms with Gasteiger partial charge < -0.3 is 14.8 Å². The average molecular weight is 480 g/mol. The molecule has 0 spiro atoms. The molecule has 0 fully saturated rings. The molecule has 0 saturated carbocycles. The molecule has 0 heterocycles. The smallest absolute Gasteiger partial charge is 0.416 e. The highest BCUT2D eigenvalue weighted by molar-refractivity contribution is 6.09. The normalized spacial score (nSPS) is 11.4. The van der Waals surface area contributed by atoms with Gasteiger partial charge in [0.1, 0.15) is 11.6 Å². The zero-order chi connectivity index (χ0) is 25.6. The SMILES string of the molecule is COc1cc(/C=C(\C#N)C(=O)Nc2cccc(C(F)(F)F)c2)ccc1OC(=O)c1ccc(C)cc1. The number of hydrogen-bond donors (Lipinski definition) is 1. The maximum atomic E-state index is 12.9. The summed E-state index contributed by atoms with van der Waals surface area (Å²) in [7, 11) is 1.36. The lowest BCUT2D eigenvalue weighted by molar-refractivity contribution is -0.137. The number of alkyl halides is 3. The number of aryl methyl sites for hydroxylation is 1. The molecule has 0 aliphatic heterocycles. The minimum atomic E-state index is -4.57. The first-order valence-corrected chi connectivity index (χ1v) is 10.2. The number of nitriles is 1. The van der Waals surface area contributed by atoms with Gasteiger partial charge in [-0.3, -0.25) is 4.79 Å². The second-order valence-electron chi connectivity index (χ2n) is 7.37.